The first-order valence-corrected chi connectivity index (χ1v) is 4.04. The Morgan fingerprint density at radius 3 is 1.92 bits per heavy atom. The molecule has 0 rings (SSSR count). The summed E-state index contributed by atoms with van der Waals surface area (Å²) in [4.78, 5) is 0. The number of rotatable bonds is 4. The first-order chi connectivity index (χ1) is 5.79. The molecule has 0 aromatic rings. The first-order valence-electron chi connectivity index (χ1n) is 4.04. The molecule has 0 aliphatic heterocycles. The third-order valence-corrected chi connectivity index (χ3v) is 1.55. The Bertz CT molecular complexity index is 237. The average molecular weight is 160 g/mol. The van der Waals surface area contributed by atoms with Crippen molar-refractivity contribution in [2.75, 3.05) is 0 Å². The molecule has 0 unspecified atom stereocenters. The van der Waals surface area contributed by atoms with Crippen LogP contribution >= 0.6 is 0 Å². The molecule has 0 fully saturated rings. The lowest BCUT2D eigenvalue weighted by Gasteiger charge is -1.99. The van der Waals surface area contributed by atoms with E-state index in [1.807, 2.05) is 50.3 Å². The van der Waals surface area contributed by atoms with E-state index in [-0.39, 0.29) is 0 Å². The van der Waals surface area contributed by atoms with Crippen molar-refractivity contribution >= 4 is 0 Å². The molecule has 0 N–H and O–H groups in total. The molecule has 0 atom stereocenters. The van der Waals surface area contributed by atoms with Crippen LogP contribution in [0.2, 0.25) is 0 Å². The number of hydrogen-bond donors (Lipinski definition) is 0. The van der Waals surface area contributed by atoms with Crippen LogP contribution in [0, 0.1) is 0 Å². The molecule has 0 aromatic heterocycles. The maximum absolute atomic E-state index is 3.74. The predicted octanol–water partition coefficient (Wildman–Crippen LogP) is 3.81. The predicted molar refractivity (Wildman–Crippen MR) is 57.0 cm³/mol. The monoisotopic (exact) mass is 160 g/mol. The van der Waals surface area contributed by atoms with Gasteiger partial charge in [-0.3, -0.25) is 0 Å². The highest BCUT2D eigenvalue weighted by molar-refractivity contribution is 5.46. The van der Waals surface area contributed by atoms with Crippen molar-refractivity contribution in [3.63, 3.8) is 0 Å². The minimum atomic E-state index is 1.10. The van der Waals surface area contributed by atoms with Crippen molar-refractivity contribution < 1.29 is 0 Å². The van der Waals surface area contributed by atoms with Crippen molar-refractivity contribution in [1.82, 2.24) is 0 Å². The molecule has 0 nitrogen and oxygen atoms in total. The number of allylic oxidation sites excluding steroid dienone is 8. The molecular formula is C12H16. The summed E-state index contributed by atoms with van der Waals surface area (Å²) in [5.41, 5.74) is 2.22. The Morgan fingerprint density at radius 1 is 1.00 bits per heavy atom. The van der Waals surface area contributed by atoms with E-state index in [1.54, 1.807) is 0 Å². The van der Waals surface area contributed by atoms with Gasteiger partial charge in [0.05, 0.1) is 0 Å². The van der Waals surface area contributed by atoms with E-state index in [4.69, 9.17) is 0 Å². The molecule has 0 amide bonds. The van der Waals surface area contributed by atoms with Gasteiger partial charge in [0.1, 0.15) is 0 Å². The smallest absolute Gasteiger partial charge is 0.0194 e. The molecular weight excluding hydrogens is 144 g/mol. The highest BCUT2D eigenvalue weighted by Crippen LogP contribution is 2.11. The Morgan fingerprint density at radius 2 is 1.58 bits per heavy atom. The van der Waals surface area contributed by atoms with Crippen LogP contribution in [0.5, 0.6) is 0 Å². The summed E-state index contributed by atoms with van der Waals surface area (Å²) in [6.45, 7) is 11.4. The lowest BCUT2D eigenvalue weighted by molar-refractivity contribution is 1.51. The molecule has 0 aromatic carbocycles. The summed E-state index contributed by atoms with van der Waals surface area (Å²) in [6, 6.07) is 0. The topological polar surface area (TPSA) is 0 Å². The molecule has 12 heavy (non-hydrogen) atoms. The third kappa shape index (κ3) is 3.20. The maximum atomic E-state index is 3.74. The fourth-order valence-electron chi connectivity index (χ4n) is 0.884. The van der Waals surface area contributed by atoms with Crippen molar-refractivity contribution in [1.29, 1.82) is 0 Å². The van der Waals surface area contributed by atoms with Gasteiger partial charge in [-0.25, -0.2) is 0 Å². The third-order valence-electron chi connectivity index (χ3n) is 1.55. The standard InChI is InChI=1S/C12H16/c1-5-9-10-12(8-4)11(6-2)7-3/h5-10H,2,4H2,1,3H3/b9-5-,11-7-,12-10-. The van der Waals surface area contributed by atoms with Gasteiger partial charge in [-0.2, -0.15) is 0 Å². The largest absolute Gasteiger partial charge is 0.0985 e. The lowest BCUT2D eigenvalue weighted by atomic mass is 10.1. The summed E-state index contributed by atoms with van der Waals surface area (Å²) >= 11 is 0. The first kappa shape index (κ1) is 10.7. The fourth-order valence-corrected chi connectivity index (χ4v) is 0.884. The van der Waals surface area contributed by atoms with Crippen LogP contribution in [-0.2, 0) is 0 Å². The average Bonchev–Trinajstić information content (AvgIpc) is 2.12. The Labute approximate surface area is 75.3 Å². The summed E-state index contributed by atoms with van der Waals surface area (Å²) in [5, 5.41) is 0. The second-order valence-corrected chi connectivity index (χ2v) is 2.30. The molecule has 64 valence electrons. The molecule has 0 bridgehead atoms. The zero-order valence-electron chi connectivity index (χ0n) is 7.88. The molecule has 0 heteroatoms. The number of hydrogen-bond acceptors (Lipinski definition) is 0. The van der Waals surface area contributed by atoms with Crippen LogP contribution in [0.25, 0.3) is 0 Å². The summed E-state index contributed by atoms with van der Waals surface area (Å²) < 4.78 is 0. The van der Waals surface area contributed by atoms with E-state index in [2.05, 4.69) is 13.2 Å². The van der Waals surface area contributed by atoms with Crippen LogP contribution in [0.15, 0.2) is 60.8 Å². The summed E-state index contributed by atoms with van der Waals surface area (Å²) in [5.74, 6) is 0. The molecule has 0 aliphatic rings. The Hall–Kier alpha value is -1.30. The molecule has 0 spiro atoms. The summed E-state index contributed by atoms with van der Waals surface area (Å²) in [6.07, 6.45) is 11.7. The van der Waals surface area contributed by atoms with E-state index >= 15 is 0 Å². The normalized spacial score (nSPS) is 13.5. The van der Waals surface area contributed by atoms with Gasteiger partial charge in [-0.05, 0) is 25.0 Å². The lowest BCUT2D eigenvalue weighted by Crippen LogP contribution is -1.80. The molecule has 0 saturated heterocycles. The van der Waals surface area contributed by atoms with Crippen molar-refractivity contribution in [3.05, 3.63) is 60.8 Å². The van der Waals surface area contributed by atoms with Gasteiger partial charge in [-0.1, -0.05) is 49.6 Å². The quantitative estimate of drug-likeness (QED) is 0.549. The minimum absolute atomic E-state index is 1.10. The molecule has 0 radical (unpaired) electrons. The van der Waals surface area contributed by atoms with Crippen LogP contribution < -0.4 is 0 Å². The molecule has 0 saturated carbocycles. The van der Waals surface area contributed by atoms with Gasteiger partial charge in [-0.15, -0.1) is 0 Å². The van der Waals surface area contributed by atoms with Gasteiger partial charge < -0.3 is 0 Å². The van der Waals surface area contributed by atoms with Crippen LogP contribution in [0.4, 0.5) is 0 Å². The van der Waals surface area contributed by atoms with Crippen molar-refractivity contribution in [2.45, 2.75) is 13.8 Å². The van der Waals surface area contributed by atoms with Crippen molar-refractivity contribution in [2.24, 2.45) is 0 Å². The van der Waals surface area contributed by atoms with Gasteiger partial charge in [0.2, 0.25) is 0 Å². The maximum Gasteiger partial charge on any atom is -0.0194 e. The van der Waals surface area contributed by atoms with E-state index in [0.717, 1.165) is 11.1 Å². The highest BCUT2D eigenvalue weighted by atomic mass is 14.0. The van der Waals surface area contributed by atoms with Crippen molar-refractivity contribution in [3.8, 4) is 0 Å². The van der Waals surface area contributed by atoms with E-state index in [9.17, 15) is 0 Å². The van der Waals surface area contributed by atoms with Gasteiger partial charge in [0.15, 0.2) is 0 Å². The SMILES string of the molecule is C=CC(=C/C)/C(C=C)=C\C=C/C. The van der Waals surface area contributed by atoms with E-state index in [1.165, 1.54) is 0 Å². The van der Waals surface area contributed by atoms with Gasteiger partial charge >= 0.3 is 0 Å². The van der Waals surface area contributed by atoms with E-state index < -0.39 is 0 Å². The zero-order valence-corrected chi connectivity index (χ0v) is 7.88. The van der Waals surface area contributed by atoms with Gasteiger partial charge in [0, 0.05) is 0 Å². The van der Waals surface area contributed by atoms with Crippen LogP contribution in [0.3, 0.4) is 0 Å². The highest BCUT2D eigenvalue weighted by Gasteiger charge is 1.92. The van der Waals surface area contributed by atoms with Crippen LogP contribution in [0.1, 0.15) is 13.8 Å². The van der Waals surface area contributed by atoms with Gasteiger partial charge in [0.25, 0.3) is 0 Å². The van der Waals surface area contributed by atoms with E-state index in [0.29, 0.717) is 0 Å². The Kier molecular flexibility index (Phi) is 5.72. The van der Waals surface area contributed by atoms with Crippen LogP contribution in [-0.4, -0.2) is 0 Å². The summed E-state index contributed by atoms with van der Waals surface area (Å²) in [7, 11) is 0. The molecule has 0 aliphatic carbocycles. The fraction of sp³-hybridized carbons (Fsp3) is 0.167. The second-order valence-electron chi connectivity index (χ2n) is 2.30. The second kappa shape index (κ2) is 6.41. The zero-order chi connectivity index (χ0) is 9.40. The molecule has 0 heterocycles. The Balaban J connectivity index is 4.76. The minimum Gasteiger partial charge on any atom is -0.0985 e.